The summed E-state index contributed by atoms with van der Waals surface area (Å²) >= 11 is 1.41. The zero-order chi connectivity index (χ0) is 23.2. The molecule has 1 saturated heterocycles. The Bertz CT molecular complexity index is 1090. The van der Waals surface area contributed by atoms with Crippen LogP contribution in [0.25, 0.3) is 11.1 Å². The van der Waals surface area contributed by atoms with E-state index in [4.69, 9.17) is 4.74 Å². The molecule has 0 unspecified atom stereocenters. The van der Waals surface area contributed by atoms with Gasteiger partial charge in [-0.15, -0.1) is 11.3 Å². The number of esters is 1. The Morgan fingerprint density at radius 3 is 2.18 bits per heavy atom. The van der Waals surface area contributed by atoms with Crippen LogP contribution >= 0.6 is 11.3 Å². The summed E-state index contributed by atoms with van der Waals surface area (Å²) in [5.41, 5.74) is 3.48. The maximum Gasteiger partial charge on any atom is 0.341 e. The van der Waals surface area contributed by atoms with Crippen LogP contribution in [0.3, 0.4) is 0 Å². The first-order valence-electron chi connectivity index (χ1n) is 11.1. The van der Waals surface area contributed by atoms with Gasteiger partial charge in [0.2, 0.25) is 5.91 Å². The SMILES string of the molecule is COC(=O)c1c(NC(=O)CN2CCN(Cc3ccccc3)CC2)sc(C)c1-c1ccccc1. The lowest BCUT2D eigenvalue weighted by atomic mass is 10.0. The molecule has 7 heteroatoms. The van der Waals surface area contributed by atoms with E-state index in [0.29, 0.717) is 17.1 Å². The van der Waals surface area contributed by atoms with Gasteiger partial charge in [0.05, 0.1) is 13.7 Å². The molecule has 1 aromatic heterocycles. The number of nitrogens with one attached hydrogen (secondary N) is 1. The topological polar surface area (TPSA) is 61.9 Å². The number of rotatable bonds is 7. The van der Waals surface area contributed by atoms with E-state index in [1.165, 1.54) is 24.0 Å². The smallest absolute Gasteiger partial charge is 0.341 e. The number of piperazine rings is 1. The van der Waals surface area contributed by atoms with Crippen LogP contribution in [0.5, 0.6) is 0 Å². The largest absolute Gasteiger partial charge is 0.465 e. The molecule has 2 heterocycles. The number of hydrogen-bond donors (Lipinski definition) is 1. The predicted molar refractivity (Wildman–Crippen MR) is 133 cm³/mol. The first-order valence-corrected chi connectivity index (χ1v) is 11.9. The van der Waals surface area contributed by atoms with E-state index in [0.717, 1.165) is 48.7 Å². The van der Waals surface area contributed by atoms with Crippen molar-refractivity contribution < 1.29 is 14.3 Å². The molecule has 0 radical (unpaired) electrons. The van der Waals surface area contributed by atoms with E-state index in [2.05, 4.69) is 39.4 Å². The zero-order valence-corrected chi connectivity index (χ0v) is 19.9. The number of ether oxygens (including phenoxy) is 1. The first-order chi connectivity index (χ1) is 16.0. The summed E-state index contributed by atoms with van der Waals surface area (Å²) in [7, 11) is 1.37. The molecule has 1 aliphatic rings. The van der Waals surface area contributed by atoms with Gasteiger partial charge in [-0.2, -0.15) is 0 Å². The summed E-state index contributed by atoms with van der Waals surface area (Å²) < 4.78 is 5.05. The van der Waals surface area contributed by atoms with Gasteiger partial charge in [0.15, 0.2) is 0 Å². The summed E-state index contributed by atoms with van der Waals surface area (Å²) in [6.07, 6.45) is 0. The highest BCUT2D eigenvalue weighted by Crippen LogP contribution is 2.40. The fourth-order valence-corrected chi connectivity index (χ4v) is 5.28. The number of nitrogens with zero attached hydrogens (tertiary/aromatic N) is 2. The molecule has 33 heavy (non-hydrogen) atoms. The second-order valence-electron chi connectivity index (χ2n) is 8.18. The Kier molecular flexibility index (Phi) is 7.54. The number of thiophene rings is 1. The molecule has 2 aromatic carbocycles. The Labute approximate surface area is 198 Å². The molecular weight excluding hydrogens is 434 g/mol. The van der Waals surface area contributed by atoms with E-state index >= 15 is 0 Å². The number of carbonyl (C=O) groups is 2. The molecule has 3 aromatic rings. The van der Waals surface area contributed by atoms with Gasteiger partial charge in [0.1, 0.15) is 10.6 Å². The highest BCUT2D eigenvalue weighted by atomic mass is 32.1. The lowest BCUT2D eigenvalue weighted by Crippen LogP contribution is -2.48. The Morgan fingerprint density at radius 1 is 0.939 bits per heavy atom. The second kappa shape index (κ2) is 10.7. The van der Waals surface area contributed by atoms with Crippen molar-refractivity contribution >= 4 is 28.2 Å². The number of anilines is 1. The first kappa shape index (κ1) is 23.2. The summed E-state index contributed by atoms with van der Waals surface area (Å²) in [6, 6.07) is 20.2. The molecule has 0 saturated carbocycles. The van der Waals surface area contributed by atoms with Gasteiger partial charge in [-0.25, -0.2) is 4.79 Å². The molecule has 0 atom stereocenters. The molecule has 1 aliphatic heterocycles. The lowest BCUT2D eigenvalue weighted by Gasteiger charge is -2.34. The third kappa shape index (κ3) is 5.68. The van der Waals surface area contributed by atoms with Crippen LogP contribution in [-0.2, 0) is 16.1 Å². The average molecular weight is 464 g/mol. The minimum Gasteiger partial charge on any atom is -0.465 e. The molecule has 0 spiro atoms. The van der Waals surface area contributed by atoms with Crippen molar-refractivity contribution in [2.75, 3.05) is 45.2 Å². The minimum absolute atomic E-state index is 0.113. The van der Waals surface area contributed by atoms with Gasteiger partial charge in [0, 0.05) is 43.2 Å². The summed E-state index contributed by atoms with van der Waals surface area (Å²) in [4.78, 5) is 31.0. The zero-order valence-electron chi connectivity index (χ0n) is 19.0. The number of amides is 1. The Hall–Kier alpha value is -3.00. The second-order valence-corrected chi connectivity index (χ2v) is 9.41. The maximum absolute atomic E-state index is 12.9. The van der Waals surface area contributed by atoms with Crippen molar-refractivity contribution in [2.45, 2.75) is 13.5 Å². The average Bonchev–Trinajstić information content (AvgIpc) is 3.16. The van der Waals surface area contributed by atoms with E-state index in [1.54, 1.807) is 0 Å². The quantitative estimate of drug-likeness (QED) is 0.531. The monoisotopic (exact) mass is 463 g/mol. The molecule has 172 valence electrons. The van der Waals surface area contributed by atoms with Gasteiger partial charge >= 0.3 is 5.97 Å². The van der Waals surface area contributed by atoms with E-state index in [-0.39, 0.29) is 5.91 Å². The van der Waals surface area contributed by atoms with Crippen LogP contribution in [0, 0.1) is 6.92 Å². The number of benzene rings is 2. The highest BCUT2D eigenvalue weighted by Gasteiger charge is 2.26. The molecule has 1 amide bonds. The maximum atomic E-state index is 12.9. The van der Waals surface area contributed by atoms with Crippen molar-refractivity contribution in [2.24, 2.45) is 0 Å². The fraction of sp³-hybridized carbons (Fsp3) is 0.308. The summed E-state index contributed by atoms with van der Waals surface area (Å²) in [5.74, 6) is -0.555. The molecule has 1 N–H and O–H groups in total. The molecule has 6 nitrogen and oxygen atoms in total. The summed E-state index contributed by atoms with van der Waals surface area (Å²) in [5, 5.41) is 3.53. The molecule has 1 fully saturated rings. The fourth-order valence-electron chi connectivity index (χ4n) is 4.20. The van der Waals surface area contributed by atoms with Crippen LogP contribution in [0.1, 0.15) is 20.8 Å². The number of carbonyl (C=O) groups excluding carboxylic acids is 2. The van der Waals surface area contributed by atoms with Crippen molar-refractivity contribution in [3.05, 3.63) is 76.7 Å². The van der Waals surface area contributed by atoms with Crippen LogP contribution in [0.15, 0.2) is 60.7 Å². The number of hydrogen-bond acceptors (Lipinski definition) is 6. The van der Waals surface area contributed by atoms with Gasteiger partial charge in [-0.3, -0.25) is 14.6 Å². The van der Waals surface area contributed by atoms with E-state index in [9.17, 15) is 9.59 Å². The molecule has 0 aliphatic carbocycles. The molecule has 0 bridgehead atoms. The lowest BCUT2D eigenvalue weighted by molar-refractivity contribution is -0.117. The third-order valence-corrected chi connectivity index (χ3v) is 6.89. The highest BCUT2D eigenvalue weighted by molar-refractivity contribution is 7.17. The summed E-state index contributed by atoms with van der Waals surface area (Å²) in [6.45, 7) is 6.71. The standard InChI is InChI=1S/C26H29N3O3S/c1-19-23(21-11-7-4-8-12-21)24(26(31)32-2)25(33-19)27-22(30)18-29-15-13-28(14-16-29)17-20-9-5-3-6-10-20/h3-12H,13-18H2,1-2H3,(H,27,30). The van der Waals surface area contributed by atoms with Crippen LogP contribution < -0.4 is 5.32 Å². The van der Waals surface area contributed by atoms with E-state index in [1.807, 2.05) is 43.3 Å². The van der Waals surface area contributed by atoms with Crippen LogP contribution in [0.4, 0.5) is 5.00 Å². The van der Waals surface area contributed by atoms with Crippen molar-refractivity contribution in [1.82, 2.24) is 9.80 Å². The van der Waals surface area contributed by atoms with Gasteiger partial charge in [-0.05, 0) is 18.1 Å². The number of methoxy groups -OCH3 is 1. The van der Waals surface area contributed by atoms with Gasteiger partial charge < -0.3 is 10.1 Å². The normalized spacial score (nSPS) is 14.7. The third-order valence-electron chi connectivity index (χ3n) is 5.87. The van der Waals surface area contributed by atoms with Gasteiger partial charge in [0.25, 0.3) is 0 Å². The Balaban J connectivity index is 1.39. The van der Waals surface area contributed by atoms with Crippen molar-refractivity contribution in [3.63, 3.8) is 0 Å². The number of aryl methyl sites for hydroxylation is 1. The van der Waals surface area contributed by atoms with E-state index < -0.39 is 5.97 Å². The Morgan fingerprint density at radius 2 is 1.55 bits per heavy atom. The minimum atomic E-state index is -0.442. The van der Waals surface area contributed by atoms with Crippen molar-refractivity contribution in [3.8, 4) is 11.1 Å². The van der Waals surface area contributed by atoms with Crippen LogP contribution in [0.2, 0.25) is 0 Å². The van der Waals surface area contributed by atoms with Gasteiger partial charge in [-0.1, -0.05) is 60.7 Å². The molecule has 4 rings (SSSR count). The van der Waals surface area contributed by atoms with Crippen molar-refractivity contribution in [1.29, 1.82) is 0 Å². The molecular formula is C26H29N3O3S. The van der Waals surface area contributed by atoms with Crippen LogP contribution in [-0.4, -0.2) is 61.5 Å². The predicted octanol–water partition coefficient (Wildman–Crippen LogP) is 4.27.